The molecular formula is C13H10F9. The van der Waals surface area contributed by atoms with Gasteiger partial charge in [0.2, 0.25) is 0 Å². The van der Waals surface area contributed by atoms with Crippen molar-refractivity contribution in [1.82, 2.24) is 0 Å². The van der Waals surface area contributed by atoms with E-state index < -0.39 is 47.2 Å². The quantitative estimate of drug-likeness (QED) is 0.603. The molecule has 0 unspecified atom stereocenters. The first kappa shape index (κ1) is 18.6. The summed E-state index contributed by atoms with van der Waals surface area (Å²) >= 11 is 0. The van der Waals surface area contributed by atoms with E-state index in [9.17, 15) is 39.5 Å². The fourth-order valence-corrected chi connectivity index (χ4v) is 1.91. The Balaban J connectivity index is 3.70. The highest BCUT2D eigenvalue weighted by Gasteiger charge is 2.44. The van der Waals surface area contributed by atoms with Crippen molar-refractivity contribution in [3.8, 4) is 0 Å². The number of hydrogen-bond acceptors (Lipinski definition) is 0. The summed E-state index contributed by atoms with van der Waals surface area (Å²) in [7, 11) is 0. The lowest BCUT2D eigenvalue weighted by molar-refractivity contribution is -0.149. The molecule has 0 heterocycles. The Morgan fingerprint density at radius 1 is 0.727 bits per heavy atom. The molecule has 1 radical (unpaired) electrons. The van der Waals surface area contributed by atoms with Gasteiger partial charge in [0.25, 0.3) is 0 Å². The predicted octanol–water partition coefficient (Wildman–Crippen LogP) is 5.90. The molecule has 1 aromatic rings. The number of unbranched alkanes of at least 4 members (excludes halogenated alkanes) is 1. The fraction of sp³-hybridized carbons (Fsp3) is 0.462. The van der Waals surface area contributed by atoms with Gasteiger partial charge in [0.1, 0.15) is 0 Å². The summed E-state index contributed by atoms with van der Waals surface area (Å²) in [4.78, 5) is 0. The highest BCUT2D eigenvalue weighted by Crippen LogP contribution is 2.43. The molecule has 0 aromatic heterocycles. The van der Waals surface area contributed by atoms with Gasteiger partial charge < -0.3 is 0 Å². The first-order valence-corrected chi connectivity index (χ1v) is 5.96. The van der Waals surface area contributed by atoms with Crippen molar-refractivity contribution >= 4 is 0 Å². The summed E-state index contributed by atoms with van der Waals surface area (Å²) in [5.41, 5.74) is -6.99. The number of rotatable bonds is 3. The molecule has 0 fully saturated rings. The van der Waals surface area contributed by atoms with Crippen LogP contribution in [0.2, 0.25) is 0 Å². The van der Waals surface area contributed by atoms with Crippen LogP contribution in [0.5, 0.6) is 0 Å². The second-order valence-electron chi connectivity index (χ2n) is 4.50. The minimum Gasteiger partial charge on any atom is -0.166 e. The number of alkyl halides is 9. The smallest absolute Gasteiger partial charge is 0.166 e. The molecule has 1 rings (SSSR count). The van der Waals surface area contributed by atoms with Gasteiger partial charge in [0, 0.05) is 0 Å². The zero-order valence-corrected chi connectivity index (χ0v) is 10.9. The Morgan fingerprint density at radius 2 is 1.14 bits per heavy atom. The third kappa shape index (κ3) is 4.30. The van der Waals surface area contributed by atoms with E-state index in [4.69, 9.17) is 0 Å². The molecule has 1 aromatic carbocycles. The third-order valence-electron chi connectivity index (χ3n) is 2.86. The van der Waals surface area contributed by atoms with Crippen LogP contribution >= 0.6 is 0 Å². The van der Waals surface area contributed by atoms with Gasteiger partial charge in [0.05, 0.1) is 16.7 Å². The van der Waals surface area contributed by atoms with E-state index in [1.165, 1.54) is 0 Å². The average molecular weight is 337 g/mol. The summed E-state index contributed by atoms with van der Waals surface area (Å²) in [6.07, 6.45) is -16.7. The average Bonchev–Trinajstić information content (AvgIpc) is 2.31. The van der Waals surface area contributed by atoms with E-state index in [1.807, 2.05) is 0 Å². The first-order valence-electron chi connectivity index (χ1n) is 5.96. The minimum absolute atomic E-state index is 0.0512. The van der Waals surface area contributed by atoms with Crippen molar-refractivity contribution in [3.05, 3.63) is 41.3 Å². The molecule has 125 valence electrons. The zero-order chi connectivity index (χ0) is 17.3. The van der Waals surface area contributed by atoms with Crippen LogP contribution in [0.1, 0.15) is 35.1 Å². The third-order valence-corrected chi connectivity index (χ3v) is 2.86. The van der Waals surface area contributed by atoms with Gasteiger partial charge >= 0.3 is 18.5 Å². The Kier molecular flexibility index (Phi) is 5.08. The maximum absolute atomic E-state index is 12.9. The largest absolute Gasteiger partial charge is 0.416 e. The van der Waals surface area contributed by atoms with Crippen LogP contribution in [0.3, 0.4) is 0 Å². The van der Waals surface area contributed by atoms with Crippen LogP contribution in [-0.2, 0) is 24.9 Å². The molecule has 0 saturated heterocycles. The molecule has 0 N–H and O–H groups in total. The van der Waals surface area contributed by atoms with E-state index in [0.717, 1.165) is 0 Å². The summed E-state index contributed by atoms with van der Waals surface area (Å²) in [5, 5.41) is 0. The highest BCUT2D eigenvalue weighted by atomic mass is 19.4. The second kappa shape index (κ2) is 6.00. The lowest BCUT2D eigenvalue weighted by atomic mass is 9.92. The molecule has 0 spiro atoms. The van der Waals surface area contributed by atoms with Crippen molar-refractivity contribution in [2.24, 2.45) is 0 Å². The Morgan fingerprint density at radius 3 is 1.41 bits per heavy atom. The van der Waals surface area contributed by atoms with Gasteiger partial charge in [-0.2, -0.15) is 39.5 Å². The topological polar surface area (TPSA) is 0 Å². The van der Waals surface area contributed by atoms with Crippen LogP contribution in [0, 0.1) is 6.92 Å². The molecule has 0 bridgehead atoms. The van der Waals surface area contributed by atoms with Gasteiger partial charge in [-0.15, -0.1) is 0 Å². The lowest BCUT2D eigenvalue weighted by Crippen LogP contribution is -2.20. The first-order chi connectivity index (χ1) is 9.78. The summed E-state index contributed by atoms with van der Waals surface area (Å²) in [6, 6.07) is -0.568. The Hall–Kier alpha value is -1.41. The van der Waals surface area contributed by atoms with Gasteiger partial charge in [-0.25, -0.2) is 0 Å². The zero-order valence-electron chi connectivity index (χ0n) is 10.9. The molecule has 0 saturated carbocycles. The second-order valence-corrected chi connectivity index (χ2v) is 4.50. The number of halogens is 9. The van der Waals surface area contributed by atoms with Crippen molar-refractivity contribution < 1.29 is 39.5 Å². The van der Waals surface area contributed by atoms with Gasteiger partial charge in [-0.1, -0.05) is 13.3 Å². The molecule has 0 atom stereocenters. The standard InChI is InChI=1S/C13H10F9/c1-2-3-4-8-9(12(17,18)19)5-7(11(14,15)16)6-10(8)13(20,21)22/h5-6H,1-4H2. The highest BCUT2D eigenvalue weighted by molar-refractivity contribution is 5.43. The SMILES string of the molecule is [CH2]CCCc1c(C(F)(F)F)cc(C(F)(F)F)cc1C(F)(F)F. The number of benzene rings is 1. The van der Waals surface area contributed by atoms with Gasteiger partial charge in [-0.3, -0.25) is 0 Å². The monoisotopic (exact) mass is 337 g/mol. The summed E-state index contributed by atoms with van der Waals surface area (Å²) in [5.74, 6) is 0. The molecular weight excluding hydrogens is 327 g/mol. The molecule has 22 heavy (non-hydrogen) atoms. The fourth-order valence-electron chi connectivity index (χ4n) is 1.91. The van der Waals surface area contributed by atoms with Crippen molar-refractivity contribution in [2.45, 2.75) is 37.8 Å². The van der Waals surface area contributed by atoms with Gasteiger partial charge in [0.15, 0.2) is 0 Å². The van der Waals surface area contributed by atoms with E-state index in [1.54, 1.807) is 0 Å². The van der Waals surface area contributed by atoms with Crippen molar-refractivity contribution in [1.29, 1.82) is 0 Å². The van der Waals surface area contributed by atoms with E-state index >= 15 is 0 Å². The lowest BCUT2D eigenvalue weighted by Gasteiger charge is -2.21. The van der Waals surface area contributed by atoms with Gasteiger partial charge in [-0.05, 0) is 30.5 Å². The normalized spacial score (nSPS) is 13.5. The van der Waals surface area contributed by atoms with E-state index in [2.05, 4.69) is 6.92 Å². The van der Waals surface area contributed by atoms with Crippen molar-refractivity contribution in [3.63, 3.8) is 0 Å². The minimum atomic E-state index is -5.32. The predicted molar refractivity (Wildman–Crippen MR) is 59.7 cm³/mol. The van der Waals surface area contributed by atoms with Crippen LogP contribution in [0.4, 0.5) is 39.5 Å². The summed E-state index contributed by atoms with van der Waals surface area (Å²) in [6.45, 7) is 3.30. The van der Waals surface area contributed by atoms with Crippen molar-refractivity contribution in [2.75, 3.05) is 0 Å². The molecule has 0 amide bonds. The number of hydrogen-bond donors (Lipinski definition) is 0. The molecule has 0 aliphatic heterocycles. The van der Waals surface area contributed by atoms with Crippen LogP contribution in [-0.4, -0.2) is 0 Å². The molecule has 0 aliphatic carbocycles. The van der Waals surface area contributed by atoms with E-state index in [0.29, 0.717) is 0 Å². The Labute approximate surface area is 119 Å². The molecule has 0 nitrogen and oxygen atoms in total. The maximum atomic E-state index is 12.9. The van der Waals surface area contributed by atoms with Crippen LogP contribution in [0.15, 0.2) is 12.1 Å². The maximum Gasteiger partial charge on any atom is 0.416 e. The van der Waals surface area contributed by atoms with Crippen LogP contribution < -0.4 is 0 Å². The Bertz CT molecular complexity index is 485. The van der Waals surface area contributed by atoms with E-state index in [-0.39, 0.29) is 25.0 Å². The van der Waals surface area contributed by atoms with Crippen LogP contribution in [0.25, 0.3) is 0 Å². The molecule has 0 aliphatic rings. The molecule has 9 heteroatoms. The summed E-state index contributed by atoms with van der Waals surface area (Å²) < 4.78 is 115.